The zero-order chi connectivity index (χ0) is 10.8. The molecule has 0 aromatic carbocycles. The van der Waals surface area contributed by atoms with Crippen molar-refractivity contribution >= 4 is 17.3 Å². The summed E-state index contributed by atoms with van der Waals surface area (Å²) in [5.74, 6) is -0.850. The Bertz CT molecular complexity index is 490. The number of hydrogen-bond donors (Lipinski definition) is 2. The summed E-state index contributed by atoms with van der Waals surface area (Å²) in [5.41, 5.74) is 1.40. The average molecular weight is 221 g/mol. The van der Waals surface area contributed by atoms with Crippen LogP contribution in [0.15, 0.2) is 29.8 Å². The topological polar surface area (TPSA) is 70.4 Å². The maximum absolute atomic E-state index is 10.6. The first-order chi connectivity index (χ1) is 7.16. The van der Waals surface area contributed by atoms with Crippen molar-refractivity contribution in [1.82, 2.24) is 4.98 Å². The van der Waals surface area contributed by atoms with Crippen molar-refractivity contribution in [2.24, 2.45) is 0 Å². The number of aromatic carboxylic acids is 1. The van der Waals surface area contributed by atoms with Gasteiger partial charge in [-0.2, -0.15) is 0 Å². The van der Waals surface area contributed by atoms with Gasteiger partial charge in [-0.05, 0) is 18.2 Å². The van der Waals surface area contributed by atoms with Crippen LogP contribution in [0.25, 0.3) is 11.3 Å². The first-order valence-corrected chi connectivity index (χ1v) is 5.02. The largest absolute Gasteiger partial charge is 0.506 e. The molecule has 0 saturated heterocycles. The lowest BCUT2D eigenvalue weighted by Gasteiger charge is -1.95. The molecule has 0 unspecified atom stereocenters. The van der Waals surface area contributed by atoms with Crippen molar-refractivity contribution in [1.29, 1.82) is 0 Å². The molecule has 2 rings (SSSR count). The van der Waals surface area contributed by atoms with Crippen LogP contribution in [0.3, 0.4) is 0 Å². The van der Waals surface area contributed by atoms with E-state index in [1.54, 1.807) is 17.5 Å². The smallest absolute Gasteiger partial charge is 0.345 e. The van der Waals surface area contributed by atoms with Crippen LogP contribution in [-0.4, -0.2) is 21.2 Å². The molecule has 0 bridgehead atoms. The molecular weight excluding hydrogens is 214 g/mol. The number of carbonyl (C=O) groups is 1. The minimum absolute atomic E-state index is 0.0902. The summed E-state index contributed by atoms with van der Waals surface area (Å²) in [4.78, 5) is 14.9. The molecule has 0 saturated carbocycles. The summed E-state index contributed by atoms with van der Waals surface area (Å²) in [5, 5.41) is 19.5. The van der Waals surface area contributed by atoms with Crippen LogP contribution in [0.1, 0.15) is 9.67 Å². The fraction of sp³-hybridized carbons (Fsp3) is 0. The van der Waals surface area contributed by atoms with Gasteiger partial charge in [-0.15, -0.1) is 11.3 Å². The van der Waals surface area contributed by atoms with Crippen molar-refractivity contribution < 1.29 is 15.0 Å². The van der Waals surface area contributed by atoms with Crippen molar-refractivity contribution in [3.63, 3.8) is 0 Å². The van der Waals surface area contributed by atoms with Gasteiger partial charge in [-0.1, -0.05) is 0 Å². The maximum atomic E-state index is 10.6. The number of carboxylic acids is 1. The highest BCUT2D eigenvalue weighted by atomic mass is 32.1. The monoisotopic (exact) mass is 221 g/mol. The van der Waals surface area contributed by atoms with Crippen LogP contribution < -0.4 is 0 Å². The predicted molar refractivity (Wildman–Crippen MR) is 56.2 cm³/mol. The number of thiophene rings is 1. The van der Waals surface area contributed by atoms with Crippen LogP contribution in [0.5, 0.6) is 5.75 Å². The van der Waals surface area contributed by atoms with E-state index in [-0.39, 0.29) is 10.6 Å². The highest BCUT2D eigenvalue weighted by Gasteiger charge is 2.08. The summed E-state index contributed by atoms with van der Waals surface area (Å²) in [6, 6.07) is 4.72. The Morgan fingerprint density at radius 1 is 1.40 bits per heavy atom. The van der Waals surface area contributed by atoms with Crippen LogP contribution in [0, 0.1) is 0 Å². The Labute approximate surface area is 89.5 Å². The second kappa shape index (κ2) is 3.70. The lowest BCUT2D eigenvalue weighted by Crippen LogP contribution is -1.90. The zero-order valence-corrected chi connectivity index (χ0v) is 8.36. The van der Waals surface area contributed by atoms with E-state index in [1.165, 1.54) is 12.3 Å². The van der Waals surface area contributed by atoms with Gasteiger partial charge in [-0.25, -0.2) is 4.79 Å². The molecule has 0 aliphatic carbocycles. The minimum atomic E-state index is -0.940. The van der Waals surface area contributed by atoms with E-state index in [4.69, 9.17) is 10.2 Å². The van der Waals surface area contributed by atoms with Gasteiger partial charge in [0, 0.05) is 10.9 Å². The molecular formula is C10H7NO3S. The summed E-state index contributed by atoms with van der Waals surface area (Å²) in [6.07, 6.45) is 1.33. The zero-order valence-electron chi connectivity index (χ0n) is 7.54. The van der Waals surface area contributed by atoms with E-state index >= 15 is 0 Å². The van der Waals surface area contributed by atoms with E-state index in [2.05, 4.69) is 4.98 Å². The first kappa shape index (κ1) is 9.67. The average Bonchev–Trinajstić information content (AvgIpc) is 2.68. The Balaban J connectivity index is 2.37. The van der Waals surface area contributed by atoms with Gasteiger partial charge in [0.1, 0.15) is 10.6 Å². The van der Waals surface area contributed by atoms with Gasteiger partial charge in [0.25, 0.3) is 0 Å². The first-order valence-electron chi connectivity index (χ1n) is 4.14. The maximum Gasteiger partial charge on any atom is 0.345 e. The highest BCUT2D eigenvalue weighted by Crippen LogP contribution is 2.24. The second-order valence-corrected chi connectivity index (χ2v) is 3.82. The molecule has 0 aliphatic rings. The third-order valence-corrected chi connectivity index (χ3v) is 2.77. The number of aromatic hydroxyl groups is 1. The fourth-order valence-corrected chi connectivity index (χ4v) is 1.88. The molecule has 2 heterocycles. The summed E-state index contributed by atoms with van der Waals surface area (Å²) >= 11 is 1.15. The van der Waals surface area contributed by atoms with Crippen LogP contribution in [0.2, 0.25) is 0 Å². The van der Waals surface area contributed by atoms with Gasteiger partial charge >= 0.3 is 5.97 Å². The summed E-state index contributed by atoms with van der Waals surface area (Å²) in [6.45, 7) is 0. The van der Waals surface area contributed by atoms with Crippen molar-refractivity contribution in [2.45, 2.75) is 0 Å². The predicted octanol–water partition coefficient (Wildman–Crippen LogP) is 2.21. The van der Waals surface area contributed by atoms with Crippen LogP contribution >= 0.6 is 11.3 Å². The molecule has 0 spiro atoms. The molecule has 5 heteroatoms. The third-order valence-electron chi connectivity index (χ3n) is 1.85. The molecule has 0 radical (unpaired) electrons. The Morgan fingerprint density at radius 3 is 2.73 bits per heavy atom. The normalized spacial score (nSPS) is 10.1. The Morgan fingerprint density at radius 2 is 2.20 bits per heavy atom. The standard InChI is InChI=1S/C10H7NO3S/c12-7-1-2-8(11-4-7)6-3-9(10(13)14)15-5-6/h1-5,12H,(H,13,14). The molecule has 2 N–H and O–H groups in total. The quantitative estimate of drug-likeness (QED) is 0.815. The number of carboxylic acid groups (broad SMARTS) is 1. The minimum Gasteiger partial charge on any atom is -0.506 e. The lowest BCUT2D eigenvalue weighted by atomic mass is 10.2. The van der Waals surface area contributed by atoms with E-state index in [9.17, 15) is 4.79 Å². The van der Waals surface area contributed by atoms with Gasteiger partial charge < -0.3 is 10.2 Å². The summed E-state index contributed by atoms with van der Waals surface area (Å²) in [7, 11) is 0. The lowest BCUT2D eigenvalue weighted by molar-refractivity contribution is 0.0702. The van der Waals surface area contributed by atoms with Gasteiger partial charge in [-0.3, -0.25) is 4.98 Å². The van der Waals surface area contributed by atoms with Crippen molar-refractivity contribution in [2.75, 3.05) is 0 Å². The third kappa shape index (κ3) is 1.97. The molecule has 76 valence electrons. The number of nitrogens with zero attached hydrogens (tertiary/aromatic N) is 1. The molecule has 0 fully saturated rings. The molecule has 15 heavy (non-hydrogen) atoms. The number of hydrogen-bond acceptors (Lipinski definition) is 4. The number of rotatable bonds is 2. The fourth-order valence-electron chi connectivity index (χ4n) is 1.14. The van der Waals surface area contributed by atoms with Crippen LogP contribution in [-0.2, 0) is 0 Å². The molecule has 2 aromatic heterocycles. The SMILES string of the molecule is O=C(O)c1cc(-c2ccc(O)cn2)cs1. The van der Waals surface area contributed by atoms with Gasteiger partial charge in [0.05, 0.1) is 11.9 Å². The van der Waals surface area contributed by atoms with Crippen molar-refractivity contribution in [3.05, 3.63) is 34.7 Å². The molecule has 0 atom stereocenters. The number of aromatic nitrogens is 1. The second-order valence-electron chi connectivity index (χ2n) is 2.91. The number of pyridine rings is 1. The molecule has 4 nitrogen and oxygen atoms in total. The van der Waals surface area contributed by atoms with E-state index in [1.807, 2.05) is 0 Å². The summed E-state index contributed by atoms with van der Waals surface area (Å²) < 4.78 is 0. The molecule has 0 aliphatic heterocycles. The van der Waals surface area contributed by atoms with E-state index in [0.29, 0.717) is 5.69 Å². The van der Waals surface area contributed by atoms with Gasteiger partial charge in [0.2, 0.25) is 0 Å². The van der Waals surface area contributed by atoms with Gasteiger partial charge in [0.15, 0.2) is 0 Å². The Kier molecular flexibility index (Phi) is 2.39. The Hall–Kier alpha value is -1.88. The van der Waals surface area contributed by atoms with Crippen LogP contribution in [0.4, 0.5) is 0 Å². The van der Waals surface area contributed by atoms with E-state index in [0.717, 1.165) is 16.9 Å². The molecule has 0 amide bonds. The molecule has 2 aromatic rings. The van der Waals surface area contributed by atoms with E-state index < -0.39 is 5.97 Å². The van der Waals surface area contributed by atoms with Crippen molar-refractivity contribution in [3.8, 4) is 17.0 Å². The highest BCUT2D eigenvalue weighted by molar-refractivity contribution is 7.12.